The lowest BCUT2D eigenvalue weighted by Crippen LogP contribution is -2.53. The summed E-state index contributed by atoms with van der Waals surface area (Å²) in [6, 6.07) is 1.64. The lowest BCUT2D eigenvalue weighted by molar-refractivity contribution is -0.140. The molecule has 2 aliphatic heterocycles. The molecular formula is C16H19Cl2N3O3. The minimum Gasteiger partial charge on any atom is -0.432 e. The fourth-order valence-electron chi connectivity index (χ4n) is 3.16. The van der Waals surface area contributed by atoms with E-state index in [-0.39, 0.29) is 5.91 Å². The van der Waals surface area contributed by atoms with E-state index in [2.05, 4.69) is 4.98 Å². The minimum absolute atomic E-state index is 0.255. The molecule has 2 amide bonds. The van der Waals surface area contributed by atoms with Crippen molar-refractivity contribution in [3.05, 3.63) is 22.3 Å². The number of nitrogens with zero attached hydrogens (tertiary/aromatic N) is 3. The van der Waals surface area contributed by atoms with Crippen molar-refractivity contribution in [1.82, 2.24) is 9.88 Å². The zero-order valence-electron chi connectivity index (χ0n) is 13.8. The molecule has 0 aromatic carbocycles. The number of anilines is 1. The van der Waals surface area contributed by atoms with Crippen molar-refractivity contribution >= 4 is 41.0 Å². The van der Waals surface area contributed by atoms with Crippen molar-refractivity contribution in [3.8, 4) is 0 Å². The summed E-state index contributed by atoms with van der Waals surface area (Å²) in [7, 11) is 0. The molecule has 3 rings (SSSR count). The first-order chi connectivity index (χ1) is 11.1. The number of ether oxygens (including phenoxy) is 1. The smallest absolute Gasteiger partial charge is 0.418 e. The van der Waals surface area contributed by atoms with Gasteiger partial charge >= 0.3 is 6.09 Å². The van der Waals surface area contributed by atoms with Gasteiger partial charge in [-0.2, -0.15) is 0 Å². The van der Waals surface area contributed by atoms with Crippen molar-refractivity contribution in [1.29, 1.82) is 0 Å². The number of pyridine rings is 1. The molecule has 2 fully saturated rings. The number of halogens is 2. The maximum absolute atomic E-state index is 12.8. The van der Waals surface area contributed by atoms with Crippen molar-refractivity contribution in [2.75, 3.05) is 18.0 Å². The Morgan fingerprint density at radius 1 is 1.21 bits per heavy atom. The summed E-state index contributed by atoms with van der Waals surface area (Å²) in [6.07, 6.45) is 1.79. The third-order valence-electron chi connectivity index (χ3n) is 4.39. The summed E-state index contributed by atoms with van der Waals surface area (Å²) < 4.78 is 5.51. The average molecular weight is 372 g/mol. The summed E-state index contributed by atoms with van der Waals surface area (Å²) in [5, 5.41) is 0.933. The Balaban J connectivity index is 1.77. The van der Waals surface area contributed by atoms with Gasteiger partial charge in [0, 0.05) is 37.7 Å². The van der Waals surface area contributed by atoms with Gasteiger partial charge < -0.3 is 9.64 Å². The molecule has 24 heavy (non-hydrogen) atoms. The monoisotopic (exact) mass is 371 g/mol. The summed E-state index contributed by atoms with van der Waals surface area (Å²) in [4.78, 5) is 32.4. The molecule has 6 nitrogen and oxygen atoms in total. The molecule has 0 saturated carbocycles. The summed E-state index contributed by atoms with van der Waals surface area (Å²) in [5.41, 5.74) is -1.67. The number of piperidine rings is 1. The van der Waals surface area contributed by atoms with Gasteiger partial charge in [-0.3, -0.25) is 4.79 Å². The molecule has 0 radical (unpaired) electrons. The first-order valence-corrected chi connectivity index (χ1v) is 8.53. The Morgan fingerprint density at radius 3 is 2.33 bits per heavy atom. The van der Waals surface area contributed by atoms with Gasteiger partial charge in [-0.25, -0.2) is 14.7 Å². The largest absolute Gasteiger partial charge is 0.432 e. The van der Waals surface area contributed by atoms with E-state index in [1.807, 2.05) is 25.7 Å². The fourth-order valence-corrected chi connectivity index (χ4v) is 3.66. The van der Waals surface area contributed by atoms with E-state index in [1.54, 1.807) is 6.07 Å². The summed E-state index contributed by atoms with van der Waals surface area (Å²) in [6.45, 7) is 6.49. The third kappa shape index (κ3) is 2.82. The number of carbonyl (C=O) groups is 2. The zero-order valence-corrected chi connectivity index (χ0v) is 15.3. The van der Waals surface area contributed by atoms with E-state index >= 15 is 0 Å². The van der Waals surface area contributed by atoms with Crippen molar-refractivity contribution < 1.29 is 14.3 Å². The van der Waals surface area contributed by atoms with Gasteiger partial charge in [-0.1, -0.05) is 23.2 Å². The Morgan fingerprint density at radius 2 is 1.83 bits per heavy atom. The highest BCUT2D eigenvalue weighted by Gasteiger charge is 2.57. The topological polar surface area (TPSA) is 62.7 Å². The van der Waals surface area contributed by atoms with Crippen LogP contribution in [0.2, 0.25) is 10.0 Å². The minimum atomic E-state index is -1.07. The van der Waals surface area contributed by atoms with Crippen LogP contribution in [0, 0.1) is 0 Å². The number of imide groups is 1. The van der Waals surface area contributed by atoms with Crippen LogP contribution in [0.4, 0.5) is 10.6 Å². The van der Waals surface area contributed by atoms with Crippen LogP contribution in [0.5, 0.6) is 0 Å². The quantitative estimate of drug-likeness (QED) is 0.755. The van der Waals surface area contributed by atoms with Crippen molar-refractivity contribution in [3.63, 3.8) is 0 Å². The highest BCUT2D eigenvalue weighted by atomic mass is 35.5. The molecule has 0 atom stereocenters. The summed E-state index contributed by atoms with van der Waals surface area (Å²) in [5.74, 6) is 0.371. The Labute approximate surface area is 150 Å². The van der Waals surface area contributed by atoms with Crippen LogP contribution in [0.1, 0.15) is 33.6 Å². The molecule has 2 saturated heterocycles. The van der Waals surface area contributed by atoms with Crippen LogP contribution in [0.15, 0.2) is 12.3 Å². The molecular weight excluding hydrogens is 353 g/mol. The lowest BCUT2D eigenvalue weighted by Gasteiger charge is -2.37. The molecule has 1 aromatic heterocycles. The number of aromatic nitrogens is 1. The van der Waals surface area contributed by atoms with Crippen LogP contribution in [0.3, 0.4) is 0 Å². The number of hydrogen-bond acceptors (Lipinski definition) is 5. The van der Waals surface area contributed by atoms with E-state index < -0.39 is 17.2 Å². The maximum Gasteiger partial charge on any atom is 0.418 e. The van der Waals surface area contributed by atoms with Crippen LogP contribution in [-0.2, 0) is 9.53 Å². The molecule has 130 valence electrons. The van der Waals surface area contributed by atoms with Crippen LogP contribution >= 0.6 is 23.2 Å². The van der Waals surface area contributed by atoms with Crippen LogP contribution in [-0.4, -0.2) is 46.1 Å². The Bertz CT molecular complexity index is 694. The molecule has 1 aromatic rings. The second kappa shape index (κ2) is 5.77. The standard InChI is InChI=1S/C16H19Cl2N3O3/c1-15(2,3)21-13(22)16(24-14(21)23)4-6-20(7-5-16)12-11(18)8-10(17)9-19-12/h8-9H,4-7H2,1-3H3. The van der Waals surface area contributed by atoms with E-state index in [0.717, 1.165) is 0 Å². The number of amides is 2. The Hall–Kier alpha value is -1.53. The molecule has 0 N–H and O–H groups in total. The van der Waals surface area contributed by atoms with Crippen molar-refractivity contribution in [2.45, 2.75) is 44.8 Å². The summed E-state index contributed by atoms with van der Waals surface area (Å²) >= 11 is 12.1. The van der Waals surface area contributed by atoms with Crippen LogP contribution < -0.4 is 4.90 Å². The van der Waals surface area contributed by atoms with Gasteiger partial charge in [0.15, 0.2) is 5.60 Å². The van der Waals surface area contributed by atoms with Crippen LogP contribution in [0.25, 0.3) is 0 Å². The molecule has 0 unspecified atom stereocenters. The lowest BCUT2D eigenvalue weighted by atomic mass is 9.89. The number of carbonyl (C=O) groups excluding carboxylic acids is 2. The Kier molecular flexibility index (Phi) is 4.16. The SMILES string of the molecule is CC(C)(C)N1C(=O)OC2(CCN(c3ncc(Cl)cc3Cl)CC2)C1=O. The predicted octanol–water partition coefficient (Wildman–Crippen LogP) is 3.50. The van der Waals surface area contributed by atoms with E-state index in [0.29, 0.717) is 41.8 Å². The fraction of sp³-hybridized carbons (Fsp3) is 0.562. The molecule has 1 spiro atoms. The van der Waals surface area contributed by atoms with E-state index in [4.69, 9.17) is 27.9 Å². The highest BCUT2D eigenvalue weighted by molar-refractivity contribution is 6.36. The predicted molar refractivity (Wildman–Crippen MR) is 91.5 cm³/mol. The van der Waals surface area contributed by atoms with Gasteiger partial charge in [0.25, 0.3) is 5.91 Å². The maximum atomic E-state index is 12.8. The van der Waals surface area contributed by atoms with E-state index in [9.17, 15) is 9.59 Å². The first-order valence-electron chi connectivity index (χ1n) is 7.78. The second-order valence-electron chi connectivity index (χ2n) is 7.12. The third-order valence-corrected chi connectivity index (χ3v) is 4.87. The average Bonchev–Trinajstić information content (AvgIpc) is 2.71. The molecule has 8 heteroatoms. The van der Waals surface area contributed by atoms with Gasteiger partial charge in [0.05, 0.1) is 10.0 Å². The number of hydrogen-bond donors (Lipinski definition) is 0. The molecule has 0 bridgehead atoms. The normalized spacial score (nSPS) is 20.7. The first kappa shape index (κ1) is 17.3. The highest BCUT2D eigenvalue weighted by Crippen LogP contribution is 2.39. The van der Waals surface area contributed by atoms with Gasteiger partial charge in [0.1, 0.15) is 5.82 Å². The molecule has 3 heterocycles. The van der Waals surface area contributed by atoms with Crippen molar-refractivity contribution in [2.24, 2.45) is 0 Å². The molecule has 2 aliphatic rings. The zero-order chi connectivity index (χ0) is 17.7. The van der Waals surface area contributed by atoms with Gasteiger partial charge in [-0.05, 0) is 26.8 Å². The van der Waals surface area contributed by atoms with E-state index in [1.165, 1.54) is 11.1 Å². The molecule has 0 aliphatic carbocycles. The number of rotatable bonds is 1. The second-order valence-corrected chi connectivity index (χ2v) is 7.96. The van der Waals surface area contributed by atoms with Gasteiger partial charge in [-0.15, -0.1) is 0 Å². The van der Waals surface area contributed by atoms with Gasteiger partial charge in [0.2, 0.25) is 0 Å².